The third kappa shape index (κ3) is 4.65. The number of hydrogen-bond acceptors (Lipinski definition) is 2. The Hall–Kier alpha value is -1.71. The first-order valence-corrected chi connectivity index (χ1v) is 8.49. The van der Waals surface area contributed by atoms with E-state index in [1.165, 1.54) is 18.5 Å². The lowest BCUT2D eigenvalue weighted by Gasteiger charge is -2.33. The van der Waals surface area contributed by atoms with Crippen molar-refractivity contribution in [1.29, 1.82) is 0 Å². The molecule has 1 heterocycles. The van der Waals surface area contributed by atoms with E-state index in [4.69, 9.17) is 0 Å². The van der Waals surface area contributed by atoms with Crippen LogP contribution < -0.4 is 15.5 Å². The van der Waals surface area contributed by atoms with Crippen LogP contribution in [0.1, 0.15) is 51.6 Å². The summed E-state index contributed by atoms with van der Waals surface area (Å²) in [5.41, 5.74) is 2.43. The molecule has 0 spiro atoms. The van der Waals surface area contributed by atoms with Crippen LogP contribution >= 0.6 is 0 Å². The number of anilines is 1. The summed E-state index contributed by atoms with van der Waals surface area (Å²) in [6.07, 6.45) is 3.56. The lowest BCUT2D eigenvalue weighted by Crippen LogP contribution is -2.37. The Kier molecular flexibility index (Phi) is 6.10. The van der Waals surface area contributed by atoms with Crippen molar-refractivity contribution in [3.63, 3.8) is 0 Å². The summed E-state index contributed by atoms with van der Waals surface area (Å²) in [6, 6.07) is 8.53. The number of nitrogens with zero attached hydrogens (tertiary/aromatic N) is 1. The van der Waals surface area contributed by atoms with Crippen LogP contribution in [0.4, 0.5) is 10.5 Å². The van der Waals surface area contributed by atoms with Gasteiger partial charge in [0.2, 0.25) is 0 Å². The van der Waals surface area contributed by atoms with E-state index < -0.39 is 0 Å². The highest BCUT2D eigenvalue weighted by Crippen LogP contribution is 2.24. The molecule has 2 amide bonds. The minimum absolute atomic E-state index is 0.0196. The number of carbonyl (C=O) groups is 1. The molecular weight excluding hydrogens is 274 g/mol. The standard InChI is InChI=1S/C18H29N3O/c1-4-11-19-18(22)20-15(3)16-7-9-17(10-8-16)21-12-5-6-14(2)13-21/h7-10,14-15H,4-6,11-13H2,1-3H3,(H2,19,20,22). The third-order valence-corrected chi connectivity index (χ3v) is 4.30. The molecule has 4 nitrogen and oxygen atoms in total. The number of hydrogen-bond donors (Lipinski definition) is 2. The third-order valence-electron chi connectivity index (χ3n) is 4.30. The van der Waals surface area contributed by atoms with E-state index in [2.05, 4.69) is 46.7 Å². The summed E-state index contributed by atoms with van der Waals surface area (Å²) in [5, 5.41) is 5.82. The molecule has 1 aliphatic heterocycles. The van der Waals surface area contributed by atoms with Gasteiger partial charge in [-0.05, 0) is 49.8 Å². The maximum Gasteiger partial charge on any atom is 0.315 e. The molecule has 0 aliphatic carbocycles. The van der Waals surface area contributed by atoms with Crippen LogP contribution in [0.25, 0.3) is 0 Å². The topological polar surface area (TPSA) is 44.4 Å². The van der Waals surface area contributed by atoms with Crippen LogP contribution in [-0.4, -0.2) is 25.7 Å². The van der Waals surface area contributed by atoms with Crippen molar-refractivity contribution in [2.75, 3.05) is 24.5 Å². The molecule has 0 bridgehead atoms. The Morgan fingerprint density at radius 1 is 1.36 bits per heavy atom. The van der Waals surface area contributed by atoms with Crippen LogP contribution in [0, 0.1) is 5.92 Å². The number of benzene rings is 1. The van der Waals surface area contributed by atoms with Crippen LogP contribution in [0.3, 0.4) is 0 Å². The summed E-state index contributed by atoms with van der Waals surface area (Å²) < 4.78 is 0. The van der Waals surface area contributed by atoms with E-state index in [0.717, 1.165) is 31.0 Å². The zero-order valence-corrected chi connectivity index (χ0v) is 14.1. The first-order chi connectivity index (χ1) is 10.6. The van der Waals surface area contributed by atoms with E-state index in [-0.39, 0.29) is 12.1 Å². The van der Waals surface area contributed by atoms with E-state index in [1.807, 2.05) is 13.8 Å². The summed E-state index contributed by atoms with van der Waals surface area (Å²) >= 11 is 0. The second-order valence-corrected chi connectivity index (χ2v) is 6.41. The predicted molar refractivity (Wildman–Crippen MR) is 92.3 cm³/mol. The smallest absolute Gasteiger partial charge is 0.315 e. The monoisotopic (exact) mass is 303 g/mol. The number of piperidine rings is 1. The maximum atomic E-state index is 11.7. The summed E-state index contributed by atoms with van der Waals surface area (Å²) in [6.45, 7) is 9.39. The number of nitrogens with one attached hydrogen (secondary N) is 2. The van der Waals surface area contributed by atoms with Crippen molar-refractivity contribution < 1.29 is 4.79 Å². The van der Waals surface area contributed by atoms with Crippen molar-refractivity contribution in [2.24, 2.45) is 5.92 Å². The number of rotatable bonds is 5. The van der Waals surface area contributed by atoms with Gasteiger partial charge in [0, 0.05) is 25.3 Å². The van der Waals surface area contributed by atoms with E-state index in [0.29, 0.717) is 6.54 Å². The van der Waals surface area contributed by atoms with Crippen molar-refractivity contribution in [1.82, 2.24) is 10.6 Å². The number of urea groups is 1. The van der Waals surface area contributed by atoms with Crippen LogP contribution in [0.15, 0.2) is 24.3 Å². The van der Waals surface area contributed by atoms with Gasteiger partial charge in [-0.25, -0.2) is 4.79 Å². The average molecular weight is 303 g/mol. The zero-order valence-electron chi connectivity index (χ0n) is 14.1. The van der Waals surface area contributed by atoms with Crippen LogP contribution in [0.5, 0.6) is 0 Å². The minimum atomic E-state index is -0.0942. The van der Waals surface area contributed by atoms with Gasteiger partial charge in [-0.15, -0.1) is 0 Å². The summed E-state index contributed by atoms with van der Waals surface area (Å²) in [4.78, 5) is 14.2. The van der Waals surface area contributed by atoms with Crippen LogP contribution in [0.2, 0.25) is 0 Å². The first kappa shape index (κ1) is 16.7. The highest BCUT2D eigenvalue weighted by molar-refractivity contribution is 5.74. The zero-order chi connectivity index (χ0) is 15.9. The maximum absolute atomic E-state index is 11.7. The molecule has 0 radical (unpaired) electrons. The number of amides is 2. The second kappa shape index (κ2) is 8.06. The van der Waals surface area contributed by atoms with Crippen LogP contribution in [-0.2, 0) is 0 Å². The predicted octanol–water partition coefficient (Wildman–Crippen LogP) is 3.69. The van der Waals surface area contributed by atoms with Crippen molar-refractivity contribution in [3.8, 4) is 0 Å². The molecule has 0 saturated carbocycles. The normalized spacial score (nSPS) is 19.6. The van der Waals surface area contributed by atoms with E-state index in [9.17, 15) is 4.79 Å². The Morgan fingerprint density at radius 3 is 2.73 bits per heavy atom. The number of carbonyl (C=O) groups excluding carboxylic acids is 1. The van der Waals surface area contributed by atoms with Crippen molar-refractivity contribution >= 4 is 11.7 Å². The molecule has 1 aromatic carbocycles. The van der Waals surface area contributed by atoms with Gasteiger partial charge < -0.3 is 15.5 Å². The first-order valence-electron chi connectivity index (χ1n) is 8.49. The Bertz CT molecular complexity index is 472. The lowest BCUT2D eigenvalue weighted by atomic mass is 9.99. The highest BCUT2D eigenvalue weighted by Gasteiger charge is 2.17. The summed E-state index contributed by atoms with van der Waals surface area (Å²) in [5.74, 6) is 0.774. The van der Waals surface area contributed by atoms with E-state index in [1.54, 1.807) is 0 Å². The molecule has 1 fully saturated rings. The lowest BCUT2D eigenvalue weighted by molar-refractivity contribution is 0.238. The highest BCUT2D eigenvalue weighted by atomic mass is 16.2. The van der Waals surface area contributed by atoms with Gasteiger partial charge in [0.25, 0.3) is 0 Å². The molecule has 4 heteroatoms. The average Bonchev–Trinajstić information content (AvgIpc) is 2.53. The minimum Gasteiger partial charge on any atom is -0.371 e. The van der Waals surface area contributed by atoms with Gasteiger partial charge in [-0.2, -0.15) is 0 Å². The molecular formula is C18H29N3O. The van der Waals surface area contributed by atoms with Gasteiger partial charge in [0.15, 0.2) is 0 Å². The quantitative estimate of drug-likeness (QED) is 0.871. The molecule has 2 N–H and O–H groups in total. The Labute approximate surface area is 134 Å². The fourth-order valence-electron chi connectivity index (χ4n) is 2.97. The fourth-order valence-corrected chi connectivity index (χ4v) is 2.97. The fraction of sp³-hybridized carbons (Fsp3) is 0.611. The molecule has 2 rings (SSSR count). The Balaban J connectivity index is 1.91. The molecule has 122 valence electrons. The second-order valence-electron chi connectivity index (χ2n) is 6.41. The van der Waals surface area contributed by atoms with Gasteiger partial charge >= 0.3 is 6.03 Å². The summed E-state index contributed by atoms with van der Waals surface area (Å²) in [7, 11) is 0. The van der Waals surface area contributed by atoms with Gasteiger partial charge in [-0.1, -0.05) is 26.0 Å². The largest absolute Gasteiger partial charge is 0.371 e. The van der Waals surface area contributed by atoms with Gasteiger partial charge in [-0.3, -0.25) is 0 Å². The van der Waals surface area contributed by atoms with Gasteiger partial charge in [0.1, 0.15) is 0 Å². The Morgan fingerprint density at radius 2 is 2.09 bits per heavy atom. The molecule has 2 atom stereocenters. The van der Waals surface area contributed by atoms with Crippen molar-refractivity contribution in [3.05, 3.63) is 29.8 Å². The molecule has 0 aromatic heterocycles. The van der Waals surface area contributed by atoms with Gasteiger partial charge in [0.05, 0.1) is 6.04 Å². The molecule has 1 aliphatic rings. The molecule has 22 heavy (non-hydrogen) atoms. The molecule has 2 unspecified atom stereocenters. The molecule has 1 saturated heterocycles. The van der Waals surface area contributed by atoms with Crippen molar-refractivity contribution in [2.45, 2.75) is 46.1 Å². The molecule has 1 aromatic rings. The van der Waals surface area contributed by atoms with E-state index >= 15 is 0 Å². The SMILES string of the molecule is CCCNC(=O)NC(C)c1ccc(N2CCCC(C)C2)cc1.